The molecular formula is C16H21F3N2S. The predicted molar refractivity (Wildman–Crippen MR) is 86.8 cm³/mol. The number of anilines is 1. The van der Waals surface area contributed by atoms with E-state index in [1.807, 2.05) is 0 Å². The van der Waals surface area contributed by atoms with E-state index < -0.39 is 11.7 Å². The summed E-state index contributed by atoms with van der Waals surface area (Å²) >= 11 is 5.30. The topological polar surface area (TPSA) is 24.1 Å². The molecule has 0 atom stereocenters. The lowest BCUT2D eigenvalue weighted by Crippen LogP contribution is -2.51. The van der Waals surface area contributed by atoms with Crippen molar-refractivity contribution in [2.45, 2.75) is 51.2 Å². The number of rotatable bonds is 3. The summed E-state index contributed by atoms with van der Waals surface area (Å²) in [5.41, 5.74) is -0.380. The maximum absolute atomic E-state index is 12.7. The van der Waals surface area contributed by atoms with Crippen molar-refractivity contribution < 1.29 is 13.2 Å². The molecule has 0 bridgehead atoms. The summed E-state index contributed by atoms with van der Waals surface area (Å²) in [6, 6.07) is 5.08. The van der Waals surface area contributed by atoms with Crippen molar-refractivity contribution in [1.29, 1.82) is 0 Å². The minimum Gasteiger partial charge on any atom is -0.357 e. The zero-order valence-electron chi connectivity index (χ0n) is 12.8. The fourth-order valence-corrected chi connectivity index (χ4v) is 3.34. The van der Waals surface area contributed by atoms with Crippen LogP contribution in [0, 0.1) is 5.92 Å². The molecule has 0 aliphatic heterocycles. The van der Waals surface area contributed by atoms with Gasteiger partial charge in [-0.2, -0.15) is 13.2 Å². The highest BCUT2D eigenvalue weighted by Gasteiger charge is 2.37. The largest absolute Gasteiger partial charge is 0.416 e. The molecule has 0 unspecified atom stereocenters. The normalized spacial score (nSPS) is 17.5. The Morgan fingerprint density at radius 2 is 1.86 bits per heavy atom. The molecule has 2 nitrogen and oxygen atoms in total. The highest BCUT2D eigenvalue weighted by atomic mass is 32.1. The molecule has 6 heteroatoms. The molecule has 2 rings (SSSR count). The fourth-order valence-electron chi connectivity index (χ4n) is 3.01. The number of nitrogens with one attached hydrogen (secondary N) is 2. The summed E-state index contributed by atoms with van der Waals surface area (Å²) in [7, 11) is 0. The number of hydrogen-bond donors (Lipinski definition) is 2. The van der Waals surface area contributed by atoms with Crippen LogP contribution in [0.15, 0.2) is 24.3 Å². The van der Waals surface area contributed by atoms with Gasteiger partial charge in [-0.05, 0) is 49.2 Å². The van der Waals surface area contributed by atoms with Gasteiger partial charge >= 0.3 is 6.18 Å². The lowest BCUT2D eigenvalue weighted by Gasteiger charge is -2.35. The first-order valence-electron chi connectivity index (χ1n) is 7.49. The van der Waals surface area contributed by atoms with Gasteiger partial charge < -0.3 is 10.6 Å². The van der Waals surface area contributed by atoms with Crippen molar-refractivity contribution in [3.8, 4) is 0 Å². The highest BCUT2D eigenvalue weighted by Crippen LogP contribution is 2.36. The molecule has 1 aliphatic rings. The van der Waals surface area contributed by atoms with Crippen molar-refractivity contribution in [3.05, 3.63) is 29.8 Å². The van der Waals surface area contributed by atoms with Crippen LogP contribution >= 0.6 is 12.2 Å². The van der Waals surface area contributed by atoms with E-state index in [1.165, 1.54) is 6.07 Å². The first-order valence-corrected chi connectivity index (χ1v) is 7.90. The smallest absolute Gasteiger partial charge is 0.357 e. The van der Waals surface area contributed by atoms with Crippen LogP contribution in [0.2, 0.25) is 0 Å². The molecule has 22 heavy (non-hydrogen) atoms. The van der Waals surface area contributed by atoms with Crippen LogP contribution in [-0.4, -0.2) is 10.7 Å². The van der Waals surface area contributed by atoms with Gasteiger partial charge in [-0.3, -0.25) is 0 Å². The lowest BCUT2D eigenvalue weighted by molar-refractivity contribution is -0.137. The van der Waals surface area contributed by atoms with E-state index in [0.717, 1.165) is 37.8 Å². The van der Waals surface area contributed by atoms with Gasteiger partial charge in [0.25, 0.3) is 0 Å². The molecule has 0 spiro atoms. The number of halogens is 3. The first kappa shape index (κ1) is 17.1. The van der Waals surface area contributed by atoms with Crippen LogP contribution in [0.3, 0.4) is 0 Å². The van der Waals surface area contributed by atoms with Crippen molar-refractivity contribution in [1.82, 2.24) is 5.32 Å². The van der Waals surface area contributed by atoms with E-state index >= 15 is 0 Å². The van der Waals surface area contributed by atoms with Crippen molar-refractivity contribution >= 4 is 23.0 Å². The van der Waals surface area contributed by atoms with Crippen LogP contribution in [0.4, 0.5) is 18.9 Å². The van der Waals surface area contributed by atoms with Gasteiger partial charge in [0.2, 0.25) is 0 Å². The molecule has 0 radical (unpaired) electrons. The Balaban J connectivity index is 2.06. The lowest BCUT2D eigenvalue weighted by atomic mass is 9.85. The van der Waals surface area contributed by atoms with E-state index in [9.17, 15) is 13.2 Å². The van der Waals surface area contributed by atoms with Gasteiger partial charge in [-0.15, -0.1) is 0 Å². The third-order valence-corrected chi connectivity index (χ3v) is 4.62. The maximum Gasteiger partial charge on any atom is 0.416 e. The fraction of sp³-hybridized carbons (Fsp3) is 0.562. The minimum absolute atomic E-state index is 0.0499. The van der Waals surface area contributed by atoms with E-state index in [0.29, 0.717) is 16.7 Å². The number of hydrogen-bond acceptors (Lipinski definition) is 1. The van der Waals surface area contributed by atoms with Crippen molar-refractivity contribution in [2.75, 3.05) is 5.32 Å². The summed E-state index contributed by atoms with van der Waals surface area (Å²) in [5.74, 6) is 0.413. The average Bonchev–Trinajstić information content (AvgIpc) is 2.87. The third-order valence-electron chi connectivity index (χ3n) is 4.41. The maximum atomic E-state index is 12.7. The van der Waals surface area contributed by atoms with E-state index in [2.05, 4.69) is 24.5 Å². The Kier molecular flexibility index (Phi) is 5.00. The molecule has 0 heterocycles. The van der Waals surface area contributed by atoms with Gasteiger partial charge in [0.05, 0.1) is 5.56 Å². The predicted octanol–water partition coefficient (Wildman–Crippen LogP) is 4.96. The Morgan fingerprint density at radius 1 is 1.23 bits per heavy atom. The Labute approximate surface area is 134 Å². The monoisotopic (exact) mass is 330 g/mol. The van der Waals surface area contributed by atoms with E-state index in [1.54, 1.807) is 6.07 Å². The van der Waals surface area contributed by atoms with Crippen LogP contribution < -0.4 is 10.6 Å². The van der Waals surface area contributed by atoms with E-state index in [4.69, 9.17) is 12.2 Å². The molecule has 122 valence electrons. The summed E-state index contributed by atoms with van der Waals surface area (Å²) in [6.07, 6.45) is 0.0240. The quantitative estimate of drug-likeness (QED) is 0.766. The summed E-state index contributed by atoms with van der Waals surface area (Å²) in [4.78, 5) is 0. The summed E-state index contributed by atoms with van der Waals surface area (Å²) < 4.78 is 38.2. The molecule has 0 amide bonds. The van der Waals surface area contributed by atoms with Gasteiger partial charge in [-0.1, -0.05) is 32.8 Å². The van der Waals surface area contributed by atoms with Gasteiger partial charge in [0.15, 0.2) is 5.11 Å². The molecule has 0 aromatic heterocycles. The second kappa shape index (κ2) is 6.44. The minimum atomic E-state index is -4.35. The van der Waals surface area contributed by atoms with Crippen LogP contribution in [-0.2, 0) is 6.18 Å². The van der Waals surface area contributed by atoms with Crippen LogP contribution in [0.5, 0.6) is 0 Å². The van der Waals surface area contributed by atoms with Crippen LogP contribution in [0.25, 0.3) is 0 Å². The second-order valence-electron chi connectivity index (χ2n) is 6.18. The Bertz CT molecular complexity index is 534. The SMILES string of the molecule is CC(C)C1(NC(=S)Nc2cccc(C(F)(F)F)c2)CCCC1. The molecular weight excluding hydrogens is 309 g/mol. The zero-order valence-corrected chi connectivity index (χ0v) is 13.6. The Morgan fingerprint density at radius 3 is 2.41 bits per heavy atom. The summed E-state index contributed by atoms with van der Waals surface area (Å²) in [6.45, 7) is 4.29. The third kappa shape index (κ3) is 3.91. The van der Waals surface area contributed by atoms with Crippen molar-refractivity contribution in [2.24, 2.45) is 5.92 Å². The number of benzene rings is 1. The summed E-state index contributed by atoms with van der Waals surface area (Å²) in [5, 5.41) is 6.60. The molecule has 2 N–H and O–H groups in total. The molecule has 1 aromatic rings. The molecule has 1 saturated carbocycles. The zero-order chi connectivity index (χ0) is 16.4. The first-order chi connectivity index (χ1) is 10.2. The van der Waals surface area contributed by atoms with Crippen molar-refractivity contribution in [3.63, 3.8) is 0 Å². The molecule has 0 saturated heterocycles. The second-order valence-corrected chi connectivity index (χ2v) is 6.58. The Hall–Kier alpha value is -1.30. The number of alkyl halides is 3. The van der Waals surface area contributed by atoms with E-state index in [-0.39, 0.29) is 5.54 Å². The van der Waals surface area contributed by atoms with Gasteiger partial charge in [-0.25, -0.2) is 0 Å². The van der Waals surface area contributed by atoms with Gasteiger partial charge in [0, 0.05) is 11.2 Å². The average molecular weight is 330 g/mol. The highest BCUT2D eigenvalue weighted by molar-refractivity contribution is 7.80. The molecule has 1 aliphatic carbocycles. The molecule has 1 aromatic carbocycles. The number of thiocarbonyl (C=S) groups is 1. The molecule has 1 fully saturated rings. The van der Waals surface area contributed by atoms with Crippen LogP contribution in [0.1, 0.15) is 45.1 Å². The standard InChI is InChI=1S/C16H21F3N2S/c1-11(2)15(8-3-4-9-15)21-14(22)20-13-7-5-6-12(10-13)16(17,18)19/h5-7,10-11H,3-4,8-9H2,1-2H3,(H2,20,21,22). The van der Waals surface area contributed by atoms with Gasteiger partial charge in [0.1, 0.15) is 0 Å².